The minimum absolute atomic E-state index is 0.259. The second-order valence-corrected chi connectivity index (χ2v) is 4.46. The van der Waals surface area contributed by atoms with E-state index in [0.29, 0.717) is 11.3 Å². The topological polar surface area (TPSA) is 62.5 Å². The van der Waals surface area contributed by atoms with E-state index in [-0.39, 0.29) is 12.5 Å². The summed E-state index contributed by atoms with van der Waals surface area (Å²) in [7, 11) is 0. The van der Waals surface area contributed by atoms with Gasteiger partial charge in [0.2, 0.25) is 0 Å². The van der Waals surface area contributed by atoms with Crippen LogP contribution in [0.2, 0.25) is 0 Å². The number of aliphatic hydroxyl groups is 1. The van der Waals surface area contributed by atoms with Crippen LogP contribution in [0.25, 0.3) is 0 Å². The molecule has 5 heteroatoms. The van der Waals surface area contributed by atoms with Crippen LogP contribution in [0.5, 0.6) is 0 Å². The smallest absolute Gasteiger partial charge is 0.280 e. The van der Waals surface area contributed by atoms with Crippen molar-refractivity contribution in [3.05, 3.63) is 35.6 Å². The lowest BCUT2D eigenvalue weighted by atomic mass is 10.1. The Bertz CT molecular complexity index is 421. The third-order valence-corrected chi connectivity index (χ3v) is 2.46. The van der Waals surface area contributed by atoms with Crippen molar-refractivity contribution in [3.63, 3.8) is 0 Å². The maximum atomic E-state index is 13.3. The number of amides is 1. The second-order valence-electron chi connectivity index (χ2n) is 4.46. The van der Waals surface area contributed by atoms with Gasteiger partial charge in [-0.05, 0) is 38.5 Å². The fraction of sp³-hybridized carbons (Fsp3) is 0.462. The summed E-state index contributed by atoms with van der Waals surface area (Å²) >= 11 is 0. The molecule has 2 atom stereocenters. The van der Waals surface area contributed by atoms with Gasteiger partial charge in [0, 0.05) is 12.5 Å². The number of carbonyl (C=O) groups is 1. The van der Waals surface area contributed by atoms with E-state index in [4.69, 9.17) is 4.42 Å². The van der Waals surface area contributed by atoms with Crippen molar-refractivity contribution in [2.45, 2.75) is 39.3 Å². The van der Waals surface area contributed by atoms with Crippen molar-refractivity contribution in [1.82, 2.24) is 5.32 Å². The second kappa shape index (κ2) is 6.35. The fourth-order valence-corrected chi connectivity index (χ4v) is 1.51. The molecule has 0 saturated carbocycles. The molecule has 0 aliphatic heterocycles. The number of aliphatic hydroxyl groups excluding tert-OH is 1. The highest BCUT2D eigenvalue weighted by Crippen LogP contribution is 2.18. The van der Waals surface area contributed by atoms with E-state index in [9.17, 15) is 14.3 Å². The van der Waals surface area contributed by atoms with Gasteiger partial charge >= 0.3 is 0 Å². The lowest BCUT2D eigenvalue weighted by molar-refractivity contribution is -0.119. The van der Waals surface area contributed by atoms with Gasteiger partial charge in [0.15, 0.2) is 5.83 Å². The Labute approximate surface area is 105 Å². The Hall–Kier alpha value is -1.62. The van der Waals surface area contributed by atoms with Gasteiger partial charge in [-0.15, -0.1) is 0 Å². The van der Waals surface area contributed by atoms with Gasteiger partial charge in [0.1, 0.15) is 11.9 Å². The third kappa shape index (κ3) is 4.00. The van der Waals surface area contributed by atoms with Gasteiger partial charge < -0.3 is 14.8 Å². The Morgan fingerprint density at radius 1 is 1.56 bits per heavy atom. The van der Waals surface area contributed by atoms with Gasteiger partial charge in [-0.2, -0.15) is 0 Å². The summed E-state index contributed by atoms with van der Waals surface area (Å²) in [5.74, 6) is -1.11. The molecule has 100 valence electrons. The molecule has 0 aromatic carbocycles. The van der Waals surface area contributed by atoms with Gasteiger partial charge in [-0.25, -0.2) is 4.39 Å². The molecule has 0 saturated heterocycles. The van der Waals surface area contributed by atoms with Crippen LogP contribution < -0.4 is 5.32 Å². The standard InChI is InChI=1S/C13H18FNO3/c1-8(2)12(14)13(17)15-9(3)7-10(16)11-5-4-6-18-11/h4-6,9-10,16H,7H2,1-3H3,(H,15,17). The summed E-state index contributed by atoms with van der Waals surface area (Å²) in [5, 5.41) is 12.3. The number of carbonyl (C=O) groups excluding carboxylic acids is 1. The number of allylic oxidation sites excluding steroid dienone is 1. The van der Waals surface area contributed by atoms with Crippen LogP contribution in [0.15, 0.2) is 34.2 Å². The van der Waals surface area contributed by atoms with Crippen molar-refractivity contribution in [2.24, 2.45) is 0 Å². The number of furan rings is 1. The summed E-state index contributed by atoms with van der Waals surface area (Å²) in [5.41, 5.74) is 0.325. The van der Waals surface area contributed by atoms with Crippen LogP contribution in [0.3, 0.4) is 0 Å². The molecule has 0 radical (unpaired) electrons. The van der Waals surface area contributed by atoms with E-state index in [1.165, 1.54) is 20.1 Å². The Morgan fingerprint density at radius 3 is 2.72 bits per heavy atom. The summed E-state index contributed by atoms with van der Waals surface area (Å²) < 4.78 is 18.3. The molecule has 1 rings (SSSR count). The minimum Gasteiger partial charge on any atom is -0.467 e. The molecular formula is C13H18FNO3. The molecule has 18 heavy (non-hydrogen) atoms. The summed E-state index contributed by atoms with van der Waals surface area (Å²) in [4.78, 5) is 11.4. The number of rotatable bonds is 5. The maximum absolute atomic E-state index is 13.3. The number of hydrogen-bond acceptors (Lipinski definition) is 3. The predicted octanol–water partition coefficient (Wildman–Crippen LogP) is 2.47. The van der Waals surface area contributed by atoms with E-state index in [0.717, 1.165) is 0 Å². The van der Waals surface area contributed by atoms with Crippen molar-refractivity contribution in [2.75, 3.05) is 0 Å². The summed E-state index contributed by atoms with van der Waals surface area (Å²) in [6, 6.07) is 2.96. The van der Waals surface area contributed by atoms with Gasteiger partial charge in [0.25, 0.3) is 5.91 Å². The molecule has 0 aliphatic rings. The highest BCUT2D eigenvalue weighted by atomic mass is 19.1. The quantitative estimate of drug-likeness (QED) is 0.794. The zero-order valence-corrected chi connectivity index (χ0v) is 10.7. The van der Waals surface area contributed by atoms with Crippen LogP contribution in [0.1, 0.15) is 39.1 Å². The Kier molecular flexibility index (Phi) is 5.09. The maximum Gasteiger partial charge on any atom is 0.280 e. The largest absolute Gasteiger partial charge is 0.467 e. The Morgan fingerprint density at radius 2 is 2.22 bits per heavy atom. The molecule has 0 spiro atoms. The lowest BCUT2D eigenvalue weighted by Gasteiger charge is -2.16. The molecule has 1 amide bonds. The van der Waals surface area contributed by atoms with Crippen LogP contribution in [0.4, 0.5) is 4.39 Å². The fourth-order valence-electron chi connectivity index (χ4n) is 1.51. The van der Waals surface area contributed by atoms with Crippen molar-refractivity contribution >= 4 is 5.91 Å². The molecule has 1 aromatic rings. The van der Waals surface area contributed by atoms with Gasteiger partial charge in [0.05, 0.1) is 6.26 Å². The molecule has 0 fully saturated rings. The average Bonchev–Trinajstić information content (AvgIpc) is 2.80. The van der Waals surface area contributed by atoms with Gasteiger partial charge in [-0.1, -0.05) is 0 Å². The summed E-state index contributed by atoms with van der Waals surface area (Å²) in [6.45, 7) is 4.75. The van der Waals surface area contributed by atoms with Crippen molar-refractivity contribution in [1.29, 1.82) is 0 Å². The van der Waals surface area contributed by atoms with Crippen LogP contribution in [-0.4, -0.2) is 17.1 Å². The first-order chi connectivity index (χ1) is 8.41. The average molecular weight is 255 g/mol. The predicted molar refractivity (Wildman–Crippen MR) is 65.4 cm³/mol. The third-order valence-electron chi connectivity index (χ3n) is 2.46. The number of halogens is 1. The van der Waals surface area contributed by atoms with E-state index in [1.54, 1.807) is 19.1 Å². The number of nitrogens with one attached hydrogen (secondary N) is 1. The van der Waals surface area contributed by atoms with E-state index in [2.05, 4.69) is 5.32 Å². The van der Waals surface area contributed by atoms with Crippen molar-refractivity contribution < 1.29 is 18.7 Å². The highest BCUT2D eigenvalue weighted by molar-refractivity contribution is 5.91. The molecule has 1 aromatic heterocycles. The van der Waals surface area contributed by atoms with E-state index >= 15 is 0 Å². The van der Waals surface area contributed by atoms with E-state index in [1.807, 2.05) is 0 Å². The first-order valence-corrected chi connectivity index (χ1v) is 5.77. The molecule has 2 N–H and O–H groups in total. The first-order valence-electron chi connectivity index (χ1n) is 5.77. The van der Waals surface area contributed by atoms with Crippen LogP contribution in [0, 0.1) is 0 Å². The normalized spacial score (nSPS) is 13.8. The highest BCUT2D eigenvalue weighted by Gasteiger charge is 2.18. The van der Waals surface area contributed by atoms with E-state index < -0.39 is 17.8 Å². The monoisotopic (exact) mass is 255 g/mol. The zero-order chi connectivity index (χ0) is 13.7. The molecule has 0 bridgehead atoms. The first kappa shape index (κ1) is 14.4. The molecule has 1 heterocycles. The minimum atomic E-state index is -0.815. The molecular weight excluding hydrogens is 237 g/mol. The van der Waals surface area contributed by atoms with Crippen LogP contribution >= 0.6 is 0 Å². The lowest BCUT2D eigenvalue weighted by Crippen LogP contribution is -2.34. The molecule has 4 nitrogen and oxygen atoms in total. The van der Waals surface area contributed by atoms with Crippen molar-refractivity contribution in [3.8, 4) is 0 Å². The molecule has 2 unspecified atom stereocenters. The Balaban J connectivity index is 2.50. The zero-order valence-electron chi connectivity index (χ0n) is 10.7. The van der Waals surface area contributed by atoms with Gasteiger partial charge in [-0.3, -0.25) is 4.79 Å². The van der Waals surface area contributed by atoms with Crippen LogP contribution in [-0.2, 0) is 4.79 Å². The molecule has 0 aliphatic carbocycles. The number of hydrogen-bond donors (Lipinski definition) is 2. The summed E-state index contributed by atoms with van der Waals surface area (Å²) in [6.07, 6.45) is 0.907. The SMILES string of the molecule is CC(C)=C(F)C(=O)NC(C)CC(O)c1ccco1.